The molecule has 1 aromatic carbocycles. The second-order valence-electron chi connectivity index (χ2n) is 6.37. The Balaban J connectivity index is 1.90. The first-order valence-corrected chi connectivity index (χ1v) is 7.91. The highest BCUT2D eigenvalue weighted by molar-refractivity contribution is 9.09. The minimum absolute atomic E-state index is 0.160. The number of alkyl halides is 1. The Morgan fingerprint density at radius 2 is 2.00 bits per heavy atom. The minimum Gasteiger partial charge on any atom is -0.492 e. The SMILES string of the molecule is CC1(C)COc2ccc(C(Br)C3CCCC3)cc21. The fraction of sp³-hybridized carbons (Fsp3) is 0.625. The van der Waals surface area contributed by atoms with Gasteiger partial charge in [0.05, 0.1) is 6.61 Å². The van der Waals surface area contributed by atoms with Crippen molar-refractivity contribution in [2.45, 2.75) is 49.8 Å². The molecule has 0 saturated heterocycles. The lowest BCUT2D eigenvalue weighted by Gasteiger charge is -2.20. The summed E-state index contributed by atoms with van der Waals surface area (Å²) in [5.41, 5.74) is 2.97. The van der Waals surface area contributed by atoms with Crippen LogP contribution in [0.25, 0.3) is 0 Å². The second kappa shape index (κ2) is 4.56. The third-order valence-corrected chi connectivity index (χ3v) is 5.73. The van der Waals surface area contributed by atoms with Gasteiger partial charge in [0.15, 0.2) is 0 Å². The van der Waals surface area contributed by atoms with Gasteiger partial charge in [-0.3, -0.25) is 0 Å². The highest BCUT2D eigenvalue weighted by atomic mass is 79.9. The van der Waals surface area contributed by atoms with Gasteiger partial charge in [0.2, 0.25) is 0 Å². The van der Waals surface area contributed by atoms with Crippen molar-refractivity contribution in [1.29, 1.82) is 0 Å². The summed E-state index contributed by atoms with van der Waals surface area (Å²) in [6, 6.07) is 6.75. The van der Waals surface area contributed by atoms with Crippen molar-refractivity contribution < 1.29 is 4.74 Å². The van der Waals surface area contributed by atoms with Crippen LogP contribution >= 0.6 is 15.9 Å². The van der Waals surface area contributed by atoms with Gasteiger partial charge < -0.3 is 4.74 Å². The Labute approximate surface area is 118 Å². The molecule has 0 spiro atoms. The molecular weight excluding hydrogens is 288 g/mol. The summed E-state index contributed by atoms with van der Waals surface area (Å²) < 4.78 is 5.76. The second-order valence-corrected chi connectivity index (χ2v) is 7.36. The largest absolute Gasteiger partial charge is 0.492 e. The lowest BCUT2D eigenvalue weighted by Crippen LogP contribution is -2.18. The van der Waals surface area contributed by atoms with E-state index in [-0.39, 0.29) is 5.41 Å². The molecule has 1 aliphatic carbocycles. The molecule has 2 aliphatic rings. The molecule has 1 nitrogen and oxygen atoms in total. The molecule has 0 aromatic heterocycles. The highest BCUT2D eigenvalue weighted by Gasteiger charge is 2.33. The number of fused-ring (bicyclic) bond motifs is 1. The Morgan fingerprint density at radius 3 is 2.72 bits per heavy atom. The molecule has 1 unspecified atom stereocenters. The molecule has 1 fully saturated rings. The maximum absolute atomic E-state index is 5.76. The van der Waals surface area contributed by atoms with Crippen LogP contribution in [0.15, 0.2) is 18.2 Å². The van der Waals surface area contributed by atoms with E-state index in [4.69, 9.17) is 4.74 Å². The Kier molecular flexibility index (Phi) is 3.17. The zero-order valence-electron chi connectivity index (χ0n) is 11.2. The van der Waals surface area contributed by atoms with Crippen LogP contribution in [-0.4, -0.2) is 6.61 Å². The van der Waals surface area contributed by atoms with Gasteiger partial charge in [0, 0.05) is 15.8 Å². The van der Waals surface area contributed by atoms with Gasteiger partial charge in [-0.25, -0.2) is 0 Å². The number of rotatable bonds is 2. The molecule has 0 amide bonds. The lowest BCUT2D eigenvalue weighted by atomic mass is 9.85. The highest BCUT2D eigenvalue weighted by Crippen LogP contribution is 2.45. The number of halogens is 1. The van der Waals surface area contributed by atoms with Crippen LogP contribution in [0.4, 0.5) is 0 Å². The van der Waals surface area contributed by atoms with Crippen LogP contribution < -0.4 is 4.74 Å². The van der Waals surface area contributed by atoms with Crippen LogP contribution in [0.5, 0.6) is 5.75 Å². The topological polar surface area (TPSA) is 9.23 Å². The van der Waals surface area contributed by atoms with Crippen molar-refractivity contribution in [3.05, 3.63) is 29.3 Å². The zero-order chi connectivity index (χ0) is 12.8. The summed E-state index contributed by atoms with van der Waals surface area (Å²) in [6.07, 6.45) is 5.53. The Hall–Kier alpha value is -0.500. The first kappa shape index (κ1) is 12.5. The molecule has 1 aromatic rings. The van der Waals surface area contributed by atoms with Gasteiger partial charge in [0.1, 0.15) is 5.75 Å². The van der Waals surface area contributed by atoms with Gasteiger partial charge >= 0.3 is 0 Å². The molecule has 18 heavy (non-hydrogen) atoms. The number of hydrogen-bond donors (Lipinski definition) is 0. The van der Waals surface area contributed by atoms with E-state index in [2.05, 4.69) is 48.0 Å². The monoisotopic (exact) mass is 308 g/mol. The molecule has 0 bridgehead atoms. The van der Waals surface area contributed by atoms with Gasteiger partial charge in [-0.1, -0.05) is 54.8 Å². The standard InChI is InChI=1S/C16H21BrO/c1-16(2)10-18-14-8-7-12(9-13(14)16)15(17)11-5-3-4-6-11/h7-9,11,15H,3-6,10H2,1-2H3. The number of ether oxygens (including phenoxy) is 1. The average Bonchev–Trinajstić information content (AvgIpc) is 2.97. The van der Waals surface area contributed by atoms with E-state index in [0.717, 1.165) is 18.3 Å². The summed E-state index contributed by atoms with van der Waals surface area (Å²) in [6.45, 7) is 5.34. The summed E-state index contributed by atoms with van der Waals surface area (Å²) >= 11 is 3.92. The predicted octanol–water partition coefficient (Wildman–Crippen LogP) is 4.98. The van der Waals surface area contributed by atoms with Crippen LogP contribution in [0.3, 0.4) is 0 Å². The zero-order valence-corrected chi connectivity index (χ0v) is 12.8. The van der Waals surface area contributed by atoms with Crippen LogP contribution in [0.1, 0.15) is 55.5 Å². The summed E-state index contributed by atoms with van der Waals surface area (Å²) in [5, 5.41) is 0. The first-order chi connectivity index (χ1) is 8.58. The smallest absolute Gasteiger partial charge is 0.123 e. The van der Waals surface area contributed by atoms with Gasteiger partial charge in [-0.2, -0.15) is 0 Å². The quantitative estimate of drug-likeness (QED) is 0.700. The van der Waals surface area contributed by atoms with E-state index in [9.17, 15) is 0 Å². The van der Waals surface area contributed by atoms with Gasteiger partial charge in [-0.15, -0.1) is 0 Å². The minimum atomic E-state index is 0.160. The fourth-order valence-corrected chi connectivity index (χ4v) is 4.05. The molecular formula is C16H21BrO. The fourth-order valence-electron chi connectivity index (χ4n) is 3.23. The van der Waals surface area contributed by atoms with E-state index in [0.29, 0.717) is 4.83 Å². The first-order valence-electron chi connectivity index (χ1n) is 6.99. The van der Waals surface area contributed by atoms with E-state index in [1.807, 2.05) is 0 Å². The average molecular weight is 309 g/mol. The maximum atomic E-state index is 5.76. The third-order valence-electron chi connectivity index (χ3n) is 4.45. The normalized spacial score (nSPS) is 23.7. The molecule has 1 aliphatic heterocycles. The Morgan fingerprint density at radius 1 is 1.28 bits per heavy atom. The van der Waals surface area contributed by atoms with E-state index in [1.165, 1.54) is 36.8 Å². The van der Waals surface area contributed by atoms with Crippen LogP contribution in [-0.2, 0) is 5.41 Å². The van der Waals surface area contributed by atoms with Crippen molar-refractivity contribution in [2.75, 3.05) is 6.61 Å². The summed E-state index contributed by atoms with van der Waals surface area (Å²) in [4.78, 5) is 0.515. The maximum Gasteiger partial charge on any atom is 0.123 e. The molecule has 1 saturated carbocycles. The van der Waals surface area contributed by atoms with Crippen molar-refractivity contribution in [3.8, 4) is 5.75 Å². The van der Waals surface area contributed by atoms with Crippen molar-refractivity contribution >= 4 is 15.9 Å². The molecule has 98 valence electrons. The van der Waals surface area contributed by atoms with Crippen LogP contribution in [0, 0.1) is 5.92 Å². The van der Waals surface area contributed by atoms with E-state index in [1.54, 1.807) is 0 Å². The van der Waals surface area contributed by atoms with Crippen molar-refractivity contribution in [3.63, 3.8) is 0 Å². The molecule has 0 radical (unpaired) electrons. The Bertz CT molecular complexity index is 446. The van der Waals surface area contributed by atoms with Gasteiger partial charge in [-0.05, 0) is 30.4 Å². The number of benzene rings is 1. The summed E-state index contributed by atoms with van der Waals surface area (Å²) in [7, 11) is 0. The molecule has 0 N–H and O–H groups in total. The lowest BCUT2D eigenvalue weighted by molar-refractivity contribution is 0.291. The predicted molar refractivity (Wildman–Crippen MR) is 78.6 cm³/mol. The van der Waals surface area contributed by atoms with Gasteiger partial charge in [0.25, 0.3) is 0 Å². The van der Waals surface area contributed by atoms with Crippen LogP contribution in [0.2, 0.25) is 0 Å². The number of hydrogen-bond acceptors (Lipinski definition) is 1. The van der Waals surface area contributed by atoms with E-state index >= 15 is 0 Å². The molecule has 1 heterocycles. The molecule has 1 atom stereocenters. The third kappa shape index (κ3) is 2.09. The van der Waals surface area contributed by atoms with Crippen molar-refractivity contribution in [1.82, 2.24) is 0 Å². The van der Waals surface area contributed by atoms with E-state index < -0.39 is 0 Å². The summed E-state index contributed by atoms with van der Waals surface area (Å²) in [5.74, 6) is 1.89. The van der Waals surface area contributed by atoms with Crippen molar-refractivity contribution in [2.24, 2.45) is 5.92 Å². The molecule has 2 heteroatoms. The molecule has 3 rings (SSSR count).